The molecule has 31 heavy (non-hydrogen) atoms. The van der Waals surface area contributed by atoms with Gasteiger partial charge in [-0.2, -0.15) is 5.10 Å². The van der Waals surface area contributed by atoms with Gasteiger partial charge in [-0.25, -0.2) is 8.78 Å². The Balaban J connectivity index is 1.72. The fraction of sp³-hybridized carbons (Fsp3) is 0.375. The summed E-state index contributed by atoms with van der Waals surface area (Å²) in [5.41, 5.74) is 5.06. The molecule has 1 aliphatic rings. The molecule has 1 aliphatic heterocycles. The van der Waals surface area contributed by atoms with E-state index in [1.54, 1.807) is 24.9 Å². The van der Waals surface area contributed by atoms with E-state index in [4.69, 9.17) is 4.74 Å². The molecule has 1 atom stereocenters. The summed E-state index contributed by atoms with van der Waals surface area (Å²) in [5.74, 6) is -0.286. The number of benzene rings is 2. The van der Waals surface area contributed by atoms with Crippen molar-refractivity contribution in [3.8, 4) is 5.75 Å². The van der Waals surface area contributed by atoms with Gasteiger partial charge in [0.2, 0.25) is 0 Å². The van der Waals surface area contributed by atoms with Crippen molar-refractivity contribution < 1.29 is 13.5 Å². The minimum absolute atomic E-state index is 0.114. The Bertz CT molecular complexity index is 1100. The molecule has 0 amide bonds. The maximum absolute atomic E-state index is 14.6. The lowest BCUT2D eigenvalue weighted by Crippen LogP contribution is -2.24. The second kappa shape index (κ2) is 8.91. The number of fused-ring (bicyclic) bond motifs is 1. The average molecular weight is 444 g/mol. The first kappa shape index (κ1) is 21.7. The third-order valence-corrected chi connectivity index (χ3v) is 7.28. The van der Waals surface area contributed by atoms with Crippen molar-refractivity contribution in [2.24, 2.45) is 0 Å². The van der Waals surface area contributed by atoms with E-state index in [9.17, 15) is 8.78 Å². The predicted octanol–water partition coefficient (Wildman–Crippen LogP) is 6.05. The molecular weight excluding hydrogens is 416 g/mol. The summed E-state index contributed by atoms with van der Waals surface area (Å²) in [6.45, 7) is 8.57. The summed E-state index contributed by atoms with van der Waals surface area (Å²) in [4.78, 5) is 3.36. The molecule has 0 fully saturated rings. The van der Waals surface area contributed by atoms with Crippen LogP contribution in [0.25, 0.3) is 0 Å². The quantitative estimate of drug-likeness (QED) is 0.480. The van der Waals surface area contributed by atoms with E-state index >= 15 is 0 Å². The third kappa shape index (κ3) is 4.28. The molecule has 1 unspecified atom stereocenters. The second-order valence-electron chi connectivity index (χ2n) is 7.78. The Morgan fingerprint density at radius 2 is 1.97 bits per heavy atom. The Labute approximate surface area is 186 Å². The van der Waals surface area contributed by atoms with Crippen LogP contribution < -0.4 is 9.64 Å². The average Bonchev–Trinajstić information content (AvgIpc) is 2.92. The van der Waals surface area contributed by atoms with Gasteiger partial charge in [0.15, 0.2) is 0 Å². The van der Waals surface area contributed by atoms with Crippen LogP contribution >= 0.6 is 11.8 Å². The van der Waals surface area contributed by atoms with Gasteiger partial charge in [-0.1, -0.05) is 6.07 Å². The van der Waals surface area contributed by atoms with Gasteiger partial charge in [-0.15, -0.1) is 11.8 Å². The van der Waals surface area contributed by atoms with Crippen LogP contribution in [0.1, 0.15) is 41.1 Å². The predicted molar refractivity (Wildman–Crippen MR) is 121 cm³/mol. The van der Waals surface area contributed by atoms with E-state index in [1.807, 2.05) is 23.7 Å². The maximum Gasteiger partial charge on any atom is 0.130 e. The Kier molecular flexibility index (Phi) is 6.23. The zero-order chi connectivity index (χ0) is 22.1. The number of ether oxygens (including phenoxy) is 1. The van der Waals surface area contributed by atoms with Crippen LogP contribution in [-0.2, 0) is 13.1 Å². The topological polar surface area (TPSA) is 30.3 Å². The molecule has 0 spiro atoms. The SMILES string of the molecule is CCn1nc(C)c(CN2CCC(c3ccc(F)cc3F)Sc3cc(OC)ccc32)c1C. The lowest BCUT2D eigenvalue weighted by atomic mass is 10.1. The van der Waals surface area contributed by atoms with Crippen molar-refractivity contribution >= 4 is 17.4 Å². The monoisotopic (exact) mass is 443 g/mol. The first-order valence-corrected chi connectivity index (χ1v) is 11.4. The lowest BCUT2D eigenvalue weighted by molar-refractivity contribution is 0.413. The molecule has 0 bridgehead atoms. The highest BCUT2D eigenvalue weighted by molar-refractivity contribution is 7.99. The molecule has 0 N–H and O–H groups in total. The van der Waals surface area contributed by atoms with E-state index < -0.39 is 11.6 Å². The first-order chi connectivity index (χ1) is 14.9. The molecule has 0 aliphatic carbocycles. The van der Waals surface area contributed by atoms with E-state index in [1.165, 1.54) is 17.3 Å². The number of aryl methyl sites for hydroxylation is 2. The molecule has 1 aromatic heterocycles. The molecular formula is C24H27F2N3OS. The van der Waals surface area contributed by atoms with Crippen LogP contribution in [0.3, 0.4) is 0 Å². The van der Waals surface area contributed by atoms with Crippen molar-refractivity contribution in [1.82, 2.24) is 9.78 Å². The minimum Gasteiger partial charge on any atom is -0.497 e. The van der Waals surface area contributed by atoms with Gasteiger partial charge in [0, 0.05) is 52.7 Å². The van der Waals surface area contributed by atoms with Crippen molar-refractivity contribution in [2.45, 2.75) is 50.4 Å². The highest BCUT2D eigenvalue weighted by Gasteiger charge is 2.27. The van der Waals surface area contributed by atoms with E-state index in [0.717, 1.165) is 54.1 Å². The number of aromatic nitrogens is 2. The number of thioether (sulfide) groups is 1. The summed E-state index contributed by atoms with van der Waals surface area (Å²) >= 11 is 1.61. The van der Waals surface area contributed by atoms with Gasteiger partial charge in [-0.05, 0) is 51.5 Å². The van der Waals surface area contributed by atoms with Crippen LogP contribution in [0.15, 0.2) is 41.3 Å². The third-order valence-electron chi connectivity index (χ3n) is 5.93. The standard InChI is InChI=1S/C24H27F2N3OS/c1-5-29-16(3)20(15(2)27-29)14-28-11-10-23(19-8-6-17(25)12-21(19)26)31-24-13-18(30-4)7-9-22(24)28/h6-9,12-13,23H,5,10-11,14H2,1-4H3. The Hall–Kier alpha value is -2.54. The molecule has 4 rings (SSSR count). The van der Waals surface area contributed by atoms with Crippen molar-refractivity contribution in [3.05, 3.63) is 70.5 Å². The summed E-state index contributed by atoms with van der Waals surface area (Å²) in [7, 11) is 1.64. The number of hydrogen-bond donors (Lipinski definition) is 0. The molecule has 7 heteroatoms. The molecule has 2 heterocycles. The van der Waals surface area contributed by atoms with E-state index in [-0.39, 0.29) is 5.25 Å². The fourth-order valence-corrected chi connectivity index (χ4v) is 5.54. The highest BCUT2D eigenvalue weighted by Crippen LogP contribution is 2.47. The Morgan fingerprint density at radius 1 is 1.16 bits per heavy atom. The van der Waals surface area contributed by atoms with Gasteiger partial charge < -0.3 is 9.64 Å². The number of rotatable bonds is 5. The van der Waals surface area contributed by atoms with Gasteiger partial charge >= 0.3 is 0 Å². The normalized spacial score (nSPS) is 16.2. The smallest absolute Gasteiger partial charge is 0.130 e. The number of anilines is 1. The van der Waals surface area contributed by atoms with Gasteiger partial charge in [0.1, 0.15) is 17.4 Å². The molecule has 0 saturated heterocycles. The summed E-state index contributed by atoms with van der Waals surface area (Å²) in [6, 6.07) is 9.90. The summed E-state index contributed by atoms with van der Waals surface area (Å²) in [5, 5.41) is 4.55. The Morgan fingerprint density at radius 3 is 2.65 bits per heavy atom. The zero-order valence-electron chi connectivity index (χ0n) is 18.3. The number of hydrogen-bond acceptors (Lipinski definition) is 4. The highest BCUT2D eigenvalue weighted by atomic mass is 32.2. The maximum atomic E-state index is 14.6. The molecule has 0 radical (unpaired) electrons. The number of halogens is 2. The van der Waals surface area contributed by atoms with Gasteiger partial charge in [0.25, 0.3) is 0 Å². The first-order valence-electron chi connectivity index (χ1n) is 10.5. The van der Waals surface area contributed by atoms with Gasteiger partial charge in [-0.3, -0.25) is 4.68 Å². The lowest BCUT2D eigenvalue weighted by Gasteiger charge is -2.25. The van der Waals surface area contributed by atoms with Crippen LogP contribution in [0.4, 0.5) is 14.5 Å². The van der Waals surface area contributed by atoms with Crippen LogP contribution in [0.5, 0.6) is 5.75 Å². The van der Waals surface area contributed by atoms with Crippen LogP contribution in [-0.4, -0.2) is 23.4 Å². The summed E-state index contributed by atoms with van der Waals surface area (Å²) < 4.78 is 35.5. The van der Waals surface area contributed by atoms with Crippen LogP contribution in [0.2, 0.25) is 0 Å². The van der Waals surface area contributed by atoms with Crippen molar-refractivity contribution in [3.63, 3.8) is 0 Å². The van der Waals surface area contributed by atoms with Crippen molar-refractivity contribution in [1.29, 1.82) is 0 Å². The van der Waals surface area contributed by atoms with E-state index in [0.29, 0.717) is 5.56 Å². The fourth-order valence-electron chi connectivity index (χ4n) is 4.19. The van der Waals surface area contributed by atoms with Gasteiger partial charge in [0.05, 0.1) is 18.5 Å². The number of nitrogens with zero attached hydrogens (tertiary/aromatic N) is 3. The molecule has 164 valence electrons. The molecule has 4 nitrogen and oxygen atoms in total. The van der Waals surface area contributed by atoms with Crippen molar-refractivity contribution in [2.75, 3.05) is 18.6 Å². The molecule has 2 aromatic carbocycles. The minimum atomic E-state index is -0.553. The van der Waals surface area contributed by atoms with E-state index in [2.05, 4.69) is 29.9 Å². The molecule has 0 saturated carbocycles. The molecule has 3 aromatic rings. The zero-order valence-corrected chi connectivity index (χ0v) is 19.1. The largest absolute Gasteiger partial charge is 0.497 e. The summed E-state index contributed by atoms with van der Waals surface area (Å²) in [6.07, 6.45) is 0.740. The second-order valence-corrected chi connectivity index (χ2v) is 9.03. The number of methoxy groups -OCH3 is 1. The van der Waals surface area contributed by atoms with Crippen LogP contribution in [0, 0.1) is 25.5 Å².